The van der Waals surface area contributed by atoms with E-state index in [9.17, 15) is 5.11 Å². The third kappa shape index (κ3) is 14.5. The summed E-state index contributed by atoms with van der Waals surface area (Å²) >= 11 is 0. The maximum atomic E-state index is 9.86. The molecule has 0 amide bonds. The Morgan fingerprint density at radius 3 is 2.00 bits per heavy atom. The SMILES string of the molecule is CCCCCCCCCC(O)COC(C)COC(C)CO. The molecule has 4 nitrogen and oxygen atoms in total. The monoisotopic (exact) mass is 304 g/mol. The minimum absolute atomic E-state index is 0.0214. The van der Waals surface area contributed by atoms with E-state index in [0.717, 1.165) is 12.8 Å². The van der Waals surface area contributed by atoms with Crippen molar-refractivity contribution in [1.82, 2.24) is 0 Å². The minimum Gasteiger partial charge on any atom is -0.394 e. The predicted molar refractivity (Wildman–Crippen MR) is 86.5 cm³/mol. The highest BCUT2D eigenvalue weighted by atomic mass is 16.5. The van der Waals surface area contributed by atoms with Crippen LogP contribution in [0, 0.1) is 0 Å². The Labute approximate surface area is 130 Å². The van der Waals surface area contributed by atoms with Crippen LogP contribution in [0.25, 0.3) is 0 Å². The Morgan fingerprint density at radius 1 is 0.810 bits per heavy atom. The van der Waals surface area contributed by atoms with E-state index < -0.39 is 0 Å². The first kappa shape index (κ1) is 20.8. The van der Waals surface area contributed by atoms with E-state index in [4.69, 9.17) is 14.6 Å². The molecule has 2 N–H and O–H groups in total. The second kappa shape index (κ2) is 14.8. The zero-order valence-corrected chi connectivity index (χ0v) is 14.2. The molecule has 0 rings (SSSR count). The lowest BCUT2D eigenvalue weighted by atomic mass is 10.1. The average Bonchev–Trinajstić information content (AvgIpc) is 2.49. The van der Waals surface area contributed by atoms with Gasteiger partial charge in [-0.3, -0.25) is 0 Å². The van der Waals surface area contributed by atoms with E-state index in [1.54, 1.807) is 0 Å². The first-order chi connectivity index (χ1) is 10.1. The fraction of sp³-hybridized carbons (Fsp3) is 1.00. The average molecular weight is 304 g/mol. The van der Waals surface area contributed by atoms with Crippen LogP contribution in [0.5, 0.6) is 0 Å². The number of aliphatic hydroxyl groups excluding tert-OH is 2. The number of unbranched alkanes of at least 4 members (excludes halogenated alkanes) is 6. The molecule has 4 heteroatoms. The highest BCUT2D eigenvalue weighted by molar-refractivity contribution is 4.58. The number of rotatable bonds is 15. The summed E-state index contributed by atoms with van der Waals surface area (Å²) in [6.45, 7) is 6.81. The largest absolute Gasteiger partial charge is 0.394 e. The molecule has 0 aromatic heterocycles. The van der Waals surface area contributed by atoms with E-state index in [0.29, 0.717) is 13.2 Å². The second-order valence-electron chi connectivity index (χ2n) is 6.03. The Bertz CT molecular complexity index is 211. The van der Waals surface area contributed by atoms with E-state index in [1.165, 1.54) is 38.5 Å². The molecule has 3 unspecified atom stereocenters. The molecular weight excluding hydrogens is 268 g/mol. The maximum Gasteiger partial charge on any atom is 0.0781 e. The fourth-order valence-corrected chi connectivity index (χ4v) is 2.10. The highest BCUT2D eigenvalue weighted by Crippen LogP contribution is 2.10. The molecule has 0 aromatic carbocycles. The molecule has 0 bridgehead atoms. The van der Waals surface area contributed by atoms with Gasteiger partial charge in [-0.15, -0.1) is 0 Å². The van der Waals surface area contributed by atoms with Crippen LogP contribution in [0.4, 0.5) is 0 Å². The zero-order valence-electron chi connectivity index (χ0n) is 14.2. The van der Waals surface area contributed by atoms with Crippen molar-refractivity contribution >= 4 is 0 Å². The standard InChI is InChI=1S/C17H36O4/c1-4-5-6-7-8-9-10-11-17(19)14-21-16(3)13-20-15(2)12-18/h15-19H,4-14H2,1-3H3. The van der Waals surface area contributed by atoms with Gasteiger partial charge in [-0.05, 0) is 20.3 Å². The molecule has 0 aliphatic heterocycles. The van der Waals surface area contributed by atoms with Crippen molar-refractivity contribution in [3.63, 3.8) is 0 Å². The third-order valence-electron chi connectivity index (χ3n) is 3.59. The molecule has 0 saturated carbocycles. The Balaban J connectivity index is 3.38. The lowest BCUT2D eigenvalue weighted by molar-refractivity contribution is -0.0657. The van der Waals surface area contributed by atoms with Gasteiger partial charge in [-0.2, -0.15) is 0 Å². The van der Waals surface area contributed by atoms with Crippen LogP contribution >= 0.6 is 0 Å². The second-order valence-corrected chi connectivity index (χ2v) is 6.03. The number of hydrogen-bond acceptors (Lipinski definition) is 4. The van der Waals surface area contributed by atoms with Crippen molar-refractivity contribution < 1.29 is 19.7 Å². The summed E-state index contributed by atoms with van der Waals surface area (Å²) in [4.78, 5) is 0. The molecule has 0 aliphatic carbocycles. The van der Waals surface area contributed by atoms with E-state index in [2.05, 4.69) is 6.92 Å². The molecule has 0 aliphatic rings. The van der Waals surface area contributed by atoms with Crippen LogP contribution in [0.15, 0.2) is 0 Å². The predicted octanol–water partition coefficient (Wildman–Crippen LogP) is 3.29. The lowest BCUT2D eigenvalue weighted by Gasteiger charge is -2.18. The Morgan fingerprint density at radius 2 is 1.38 bits per heavy atom. The van der Waals surface area contributed by atoms with Gasteiger partial charge < -0.3 is 19.7 Å². The first-order valence-electron chi connectivity index (χ1n) is 8.62. The van der Waals surface area contributed by atoms with Gasteiger partial charge in [0.15, 0.2) is 0 Å². The van der Waals surface area contributed by atoms with Crippen molar-refractivity contribution in [1.29, 1.82) is 0 Å². The van der Waals surface area contributed by atoms with E-state index in [1.807, 2.05) is 13.8 Å². The summed E-state index contributed by atoms with van der Waals surface area (Å²) in [5.74, 6) is 0. The normalized spacial score (nSPS) is 15.9. The van der Waals surface area contributed by atoms with E-state index >= 15 is 0 Å². The molecule has 21 heavy (non-hydrogen) atoms. The van der Waals surface area contributed by atoms with Crippen LogP contribution in [0.1, 0.15) is 72.1 Å². The number of aliphatic hydroxyl groups is 2. The summed E-state index contributed by atoms with van der Waals surface area (Å²) in [6.07, 6.45) is 9.06. The third-order valence-corrected chi connectivity index (χ3v) is 3.59. The van der Waals surface area contributed by atoms with Crippen LogP contribution in [0.2, 0.25) is 0 Å². The van der Waals surface area contributed by atoms with Crippen LogP contribution in [-0.4, -0.2) is 48.3 Å². The summed E-state index contributed by atoms with van der Waals surface area (Å²) in [5.41, 5.74) is 0. The maximum absolute atomic E-state index is 9.86. The van der Waals surface area contributed by atoms with Gasteiger partial charge in [-0.1, -0.05) is 51.9 Å². The molecule has 0 aromatic rings. The summed E-state index contributed by atoms with van der Waals surface area (Å²) in [5, 5.41) is 18.7. The summed E-state index contributed by atoms with van der Waals surface area (Å²) in [7, 11) is 0. The minimum atomic E-state index is -0.377. The van der Waals surface area contributed by atoms with Gasteiger partial charge in [0.2, 0.25) is 0 Å². The molecule has 0 spiro atoms. The number of ether oxygens (including phenoxy) is 2. The quantitative estimate of drug-likeness (QED) is 0.456. The molecule has 0 heterocycles. The van der Waals surface area contributed by atoms with Crippen LogP contribution < -0.4 is 0 Å². The van der Waals surface area contributed by atoms with Gasteiger partial charge in [0.05, 0.1) is 38.1 Å². The number of hydrogen-bond donors (Lipinski definition) is 2. The van der Waals surface area contributed by atoms with Gasteiger partial charge in [-0.25, -0.2) is 0 Å². The van der Waals surface area contributed by atoms with Crippen molar-refractivity contribution in [2.24, 2.45) is 0 Å². The Kier molecular flexibility index (Phi) is 14.7. The van der Waals surface area contributed by atoms with Gasteiger partial charge >= 0.3 is 0 Å². The van der Waals surface area contributed by atoms with Gasteiger partial charge in [0.25, 0.3) is 0 Å². The molecular formula is C17H36O4. The topological polar surface area (TPSA) is 58.9 Å². The molecule has 128 valence electrons. The van der Waals surface area contributed by atoms with Crippen molar-refractivity contribution in [3.05, 3.63) is 0 Å². The van der Waals surface area contributed by atoms with Gasteiger partial charge in [0.1, 0.15) is 0 Å². The first-order valence-corrected chi connectivity index (χ1v) is 8.62. The molecule has 0 fully saturated rings. The van der Waals surface area contributed by atoms with Gasteiger partial charge in [0, 0.05) is 0 Å². The van der Waals surface area contributed by atoms with Crippen molar-refractivity contribution in [2.75, 3.05) is 19.8 Å². The molecule has 3 atom stereocenters. The smallest absolute Gasteiger partial charge is 0.0781 e. The highest BCUT2D eigenvalue weighted by Gasteiger charge is 2.09. The Hall–Kier alpha value is -0.160. The van der Waals surface area contributed by atoms with E-state index in [-0.39, 0.29) is 24.9 Å². The van der Waals surface area contributed by atoms with Crippen LogP contribution in [0.3, 0.4) is 0 Å². The fourth-order valence-electron chi connectivity index (χ4n) is 2.10. The van der Waals surface area contributed by atoms with Crippen molar-refractivity contribution in [3.8, 4) is 0 Å². The van der Waals surface area contributed by atoms with Crippen LogP contribution in [-0.2, 0) is 9.47 Å². The summed E-state index contributed by atoms with van der Waals surface area (Å²) in [6, 6.07) is 0. The molecule has 0 radical (unpaired) electrons. The molecule has 0 saturated heterocycles. The van der Waals surface area contributed by atoms with Crippen molar-refractivity contribution in [2.45, 2.75) is 90.4 Å². The zero-order chi connectivity index (χ0) is 15.9. The lowest BCUT2D eigenvalue weighted by Crippen LogP contribution is -2.26. The summed E-state index contributed by atoms with van der Waals surface area (Å²) < 4.78 is 10.9.